The highest BCUT2D eigenvalue weighted by atomic mass is 15.2. The van der Waals surface area contributed by atoms with Crippen molar-refractivity contribution in [2.75, 3.05) is 5.32 Å². The van der Waals surface area contributed by atoms with Gasteiger partial charge in [0.05, 0.1) is 11.0 Å². The molecule has 1 aliphatic carbocycles. The van der Waals surface area contributed by atoms with Gasteiger partial charge in [-0.25, -0.2) is 4.98 Å². The quantitative estimate of drug-likeness (QED) is 0.902. The van der Waals surface area contributed by atoms with Crippen molar-refractivity contribution in [2.24, 2.45) is 13.0 Å². The van der Waals surface area contributed by atoms with Gasteiger partial charge in [-0.2, -0.15) is 0 Å². The molecule has 3 nitrogen and oxygen atoms in total. The molecule has 3 rings (SSSR count). The van der Waals surface area contributed by atoms with Crippen LogP contribution in [-0.2, 0) is 7.05 Å². The number of para-hydroxylation sites is 2. The van der Waals surface area contributed by atoms with Gasteiger partial charge in [0.1, 0.15) is 0 Å². The molecule has 3 heteroatoms. The Labute approximate surface area is 115 Å². The van der Waals surface area contributed by atoms with E-state index in [0.717, 1.165) is 17.4 Å². The molecule has 102 valence electrons. The van der Waals surface area contributed by atoms with E-state index >= 15 is 0 Å². The largest absolute Gasteiger partial charge is 0.353 e. The van der Waals surface area contributed by atoms with Crippen LogP contribution in [0.5, 0.6) is 0 Å². The summed E-state index contributed by atoms with van der Waals surface area (Å²) in [5.41, 5.74) is 2.28. The molecular formula is C16H23N3. The Kier molecular flexibility index (Phi) is 3.45. The fourth-order valence-electron chi connectivity index (χ4n) is 3.25. The number of nitrogens with zero attached hydrogens (tertiary/aromatic N) is 2. The van der Waals surface area contributed by atoms with Crippen molar-refractivity contribution in [2.45, 2.75) is 45.1 Å². The number of fused-ring (bicyclic) bond motifs is 1. The Hall–Kier alpha value is -1.51. The van der Waals surface area contributed by atoms with Crippen molar-refractivity contribution >= 4 is 17.0 Å². The fraction of sp³-hybridized carbons (Fsp3) is 0.562. The predicted molar refractivity (Wildman–Crippen MR) is 80.4 cm³/mol. The van der Waals surface area contributed by atoms with Gasteiger partial charge in [0, 0.05) is 13.1 Å². The van der Waals surface area contributed by atoms with E-state index in [4.69, 9.17) is 4.98 Å². The second-order valence-electron chi connectivity index (χ2n) is 5.77. The zero-order valence-electron chi connectivity index (χ0n) is 11.9. The van der Waals surface area contributed by atoms with Crippen molar-refractivity contribution in [3.63, 3.8) is 0 Å². The molecule has 2 atom stereocenters. The van der Waals surface area contributed by atoms with Gasteiger partial charge >= 0.3 is 0 Å². The van der Waals surface area contributed by atoms with Crippen molar-refractivity contribution in [3.8, 4) is 0 Å². The molecule has 0 spiro atoms. The molecule has 19 heavy (non-hydrogen) atoms. The van der Waals surface area contributed by atoms with Gasteiger partial charge in [0.2, 0.25) is 5.95 Å². The Morgan fingerprint density at radius 2 is 2.16 bits per heavy atom. The first kappa shape index (κ1) is 12.5. The van der Waals surface area contributed by atoms with Crippen LogP contribution in [0.3, 0.4) is 0 Å². The van der Waals surface area contributed by atoms with Crippen LogP contribution in [0, 0.1) is 5.92 Å². The molecule has 1 heterocycles. The van der Waals surface area contributed by atoms with Crippen LogP contribution >= 0.6 is 0 Å². The van der Waals surface area contributed by atoms with Gasteiger partial charge < -0.3 is 9.88 Å². The number of hydrogen-bond acceptors (Lipinski definition) is 2. The maximum atomic E-state index is 4.71. The number of aryl methyl sites for hydroxylation is 1. The van der Waals surface area contributed by atoms with Gasteiger partial charge in [0.25, 0.3) is 0 Å². The van der Waals surface area contributed by atoms with Crippen molar-refractivity contribution in [3.05, 3.63) is 24.3 Å². The number of hydrogen-bond donors (Lipinski definition) is 1. The Bertz CT molecular complexity index is 558. The van der Waals surface area contributed by atoms with E-state index in [9.17, 15) is 0 Å². The zero-order valence-corrected chi connectivity index (χ0v) is 11.9. The van der Waals surface area contributed by atoms with Gasteiger partial charge in [-0.1, -0.05) is 38.3 Å². The molecule has 0 saturated heterocycles. The summed E-state index contributed by atoms with van der Waals surface area (Å²) < 4.78 is 2.17. The molecule has 1 saturated carbocycles. The minimum atomic E-state index is 0.592. The van der Waals surface area contributed by atoms with Gasteiger partial charge in [-0.15, -0.1) is 0 Å². The molecule has 0 bridgehead atoms. The van der Waals surface area contributed by atoms with E-state index in [-0.39, 0.29) is 0 Å². The molecule has 0 radical (unpaired) electrons. The van der Waals surface area contributed by atoms with Crippen LogP contribution in [0.25, 0.3) is 11.0 Å². The molecule has 2 aromatic rings. The molecule has 1 fully saturated rings. The molecule has 2 unspecified atom stereocenters. The highest BCUT2D eigenvalue weighted by Crippen LogP contribution is 2.29. The first-order valence-corrected chi connectivity index (χ1v) is 7.46. The maximum Gasteiger partial charge on any atom is 0.203 e. The normalized spacial score (nSPS) is 23.7. The van der Waals surface area contributed by atoms with Crippen molar-refractivity contribution < 1.29 is 0 Å². The standard InChI is InChI=1S/C16H23N3/c1-3-12-7-6-8-13(11-12)17-16-18-14-9-4-5-10-15(14)19(16)2/h4-5,9-10,12-13H,3,6-8,11H2,1-2H3,(H,17,18). The number of anilines is 1. The van der Waals surface area contributed by atoms with Gasteiger partial charge in [-0.05, 0) is 30.9 Å². The highest BCUT2D eigenvalue weighted by Gasteiger charge is 2.21. The first-order chi connectivity index (χ1) is 9.28. The molecule has 1 aromatic carbocycles. The highest BCUT2D eigenvalue weighted by molar-refractivity contribution is 5.78. The van der Waals surface area contributed by atoms with E-state index in [1.807, 2.05) is 6.07 Å². The minimum Gasteiger partial charge on any atom is -0.353 e. The second kappa shape index (κ2) is 5.24. The summed E-state index contributed by atoms with van der Waals surface area (Å²) in [6.45, 7) is 2.31. The van der Waals surface area contributed by atoms with E-state index in [1.54, 1.807) is 0 Å². The number of aromatic nitrogens is 2. The third-order valence-corrected chi connectivity index (χ3v) is 4.48. The van der Waals surface area contributed by atoms with E-state index in [1.165, 1.54) is 37.6 Å². The Morgan fingerprint density at radius 3 is 2.95 bits per heavy atom. The summed E-state index contributed by atoms with van der Waals surface area (Å²) in [6, 6.07) is 8.92. The Balaban J connectivity index is 1.79. The lowest BCUT2D eigenvalue weighted by Gasteiger charge is -2.29. The van der Waals surface area contributed by atoms with E-state index < -0.39 is 0 Å². The molecule has 1 aromatic heterocycles. The van der Waals surface area contributed by atoms with Crippen molar-refractivity contribution in [1.29, 1.82) is 0 Å². The number of rotatable bonds is 3. The van der Waals surface area contributed by atoms with Crippen LogP contribution in [0.15, 0.2) is 24.3 Å². The summed E-state index contributed by atoms with van der Waals surface area (Å²) >= 11 is 0. The SMILES string of the molecule is CCC1CCCC(Nc2nc3ccccc3n2C)C1. The minimum absolute atomic E-state index is 0.592. The number of benzene rings is 1. The van der Waals surface area contributed by atoms with Crippen LogP contribution in [-0.4, -0.2) is 15.6 Å². The second-order valence-corrected chi connectivity index (χ2v) is 5.77. The molecule has 1 aliphatic rings. The van der Waals surface area contributed by atoms with E-state index in [0.29, 0.717) is 6.04 Å². The monoisotopic (exact) mass is 257 g/mol. The maximum absolute atomic E-state index is 4.71. The fourth-order valence-corrected chi connectivity index (χ4v) is 3.25. The number of imidazole rings is 1. The van der Waals surface area contributed by atoms with Crippen LogP contribution in [0.4, 0.5) is 5.95 Å². The average molecular weight is 257 g/mol. The molecule has 0 amide bonds. The summed E-state index contributed by atoms with van der Waals surface area (Å²) in [4.78, 5) is 4.71. The summed E-state index contributed by atoms with van der Waals surface area (Å²) in [5.74, 6) is 1.91. The lowest BCUT2D eigenvalue weighted by Crippen LogP contribution is -2.28. The van der Waals surface area contributed by atoms with E-state index in [2.05, 4.69) is 42.1 Å². The third kappa shape index (κ3) is 2.46. The lowest BCUT2D eigenvalue weighted by atomic mass is 9.84. The summed E-state index contributed by atoms with van der Waals surface area (Å²) in [5, 5.41) is 3.65. The summed E-state index contributed by atoms with van der Waals surface area (Å²) in [7, 11) is 2.10. The topological polar surface area (TPSA) is 29.9 Å². The number of nitrogens with one attached hydrogen (secondary N) is 1. The summed E-state index contributed by atoms with van der Waals surface area (Å²) in [6.07, 6.45) is 6.62. The van der Waals surface area contributed by atoms with Gasteiger partial charge in [0.15, 0.2) is 0 Å². The van der Waals surface area contributed by atoms with Crippen LogP contribution in [0.1, 0.15) is 39.0 Å². The smallest absolute Gasteiger partial charge is 0.203 e. The molecule has 1 N–H and O–H groups in total. The first-order valence-electron chi connectivity index (χ1n) is 7.46. The molecular weight excluding hydrogens is 234 g/mol. The molecule has 0 aliphatic heterocycles. The van der Waals surface area contributed by atoms with Crippen LogP contribution in [0.2, 0.25) is 0 Å². The van der Waals surface area contributed by atoms with Gasteiger partial charge in [-0.3, -0.25) is 0 Å². The van der Waals surface area contributed by atoms with Crippen LogP contribution < -0.4 is 5.32 Å². The predicted octanol–water partition coefficient (Wildman–Crippen LogP) is 3.95. The Morgan fingerprint density at radius 1 is 1.32 bits per heavy atom. The third-order valence-electron chi connectivity index (χ3n) is 4.48. The van der Waals surface area contributed by atoms with Crippen molar-refractivity contribution in [1.82, 2.24) is 9.55 Å². The zero-order chi connectivity index (χ0) is 13.2. The lowest BCUT2D eigenvalue weighted by molar-refractivity contribution is 0.326. The average Bonchev–Trinajstić information content (AvgIpc) is 2.76.